The number of fused-ring (bicyclic) bond motifs is 1. The standard InChI is InChI=1S/C17H21N7O/c1-24-15-13(10-20-24)14(18)22-16(23-15)21-12-4-6-17(25,7-5-12)11-3-2-8-19-9-11/h2-3,8-10,12,25H,4-7H2,1H3,(H3,18,21,22,23). The van der Waals surface area contributed by atoms with Crippen LogP contribution in [-0.2, 0) is 12.6 Å². The molecule has 0 radical (unpaired) electrons. The minimum atomic E-state index is -0.807. The van der Waals surface area contributed by atoms with Crippen molar-refractivity contribution in [2.24, 2.45) is 7.05 Å². The Morgan fingerprint density at radius 2 is 2.08 bits per heavy atom. The summed E-state index contributed by atoms with van der Waals surface area (Å²) in [4.78, 5) is 13.0. The van der Waals surface area contributed by atoms with Crippen LogP contribution in [0.2, 0.25) is 0 Å². The van der Waals surface area contributed by atoms with E-state index in [1.165, 1.54) is 0 Å². The first-order chi connectivity index (χ1) is 12.0. The molecule has 0 amide bonds. The molecule has 0 atom stereocenters. The van der Waals surface area contributed by atoms with Crippen molar-refractivity contribution in [2.45, 2.75) is 37.3 Å². The van der Waals surface area contributed by atoms with Gasteiger partial charge in [-0.2, -0.15) is 15.1 Å². The van der Waals surface area contributed by atoms with Crippen molar-refractivity contribution in [1.82, 2.24) is 24.7 Å². The molecule has 1 saturated carbocycles. The number of pyridine rings is 1. The molecular formula is C17H21N7O. The number of nitrogen functional groups attached to an aromatic ring is 1. The van der Waals surface area contributed by atoms with E-state index in [1.807, 2.05) is 19.2 Å². The number of anilines is 2. The second-order valence-corrected chi connectivity index (χ2v) is 6.63. The highest BCUT2D eigenvalue weighted by atomic mass is 16.3. The molecule has 0 bridgehead atoms. The van der Waals surface area contributed by atoms with Crippen LogP contribution in [0.1, 0.15) is 31.2 Å². The Hall–Kier alpha value is -2.74. The molecule has 130 valence electrons. The van der Waals surface area contributed by atoms with Gasteiger partial charge in [0, 0.05) is 31.0 Å². The Morgan fingerprint density at radius 3 is 2.80 bits per heavy atom. The van der Waals surface area contributed by atoms with Gasteiger partial charge in [-0.05, 0) is 31.7 Å². The van der Waals surface area contributed by atoms with Crippen LogP contribution in [0.5, 0.6) is 0 Å². The van der Waals surface area contributed by atoms with Gasteiger partial charge in [0.2, 0.25) is 5.95 Å². The number of aryl methyl sites for hydroxylation is 1. The van der Waals surface area contributed by atoms with Gasteiger partial charge in [0.15, 0.2) is 5.65 Å². The number of nitrogens with zero attached hydrogens (tertiary/aromatic N) is 5. The van der Waals surface area contributed by atoms with Crippen molar-refractivity contribution in [2.75, 3.05) is 11.1 Å². The van der Waals surface area contributed by atoms with Crippen LogP contribution in [0.25, 0.3) is 11.0 Å². The van der Waals surface area contributed by atoms with Crippen molar-refractivity contribution in [3.63, 3.8) is 0 Å². The third-order valence-corrected chi connectivity index (χ3v) is 4.97. The van der Waals surface area contributed by atoms with E-state index in [0.29, 0.717) is 30.3 Å². The highest BCUT2D eigenvalue weighted by molar-refractivity contribution is 5.86. The lowest BCUT2D eigenvalue weighted by molar-refractivity contribution is -0.00366. The maximum atomic E-state index is 10.9. The number of nitrogens with one attached hydrogen (secondary N) is 1. The number of aromatic nitrogens is 5. The summed E-state index contributed by atoms with van der Waals surface area (Å²) < 4.78 is 1.68. The molecule has 1 aliphatic rings. The van der Waals surface area contributed by atoms with E-state index in [2.05, 4.69) is 25.4 Å². The van der Waals surface area contributed by atoms with Gasteiger partial charge in [0.25, 0.3) is 0 Å². The van der Waals surface area contributed by atoms with Crippen molar-refractivity contribution >= 4 is 22.8 Å². The van der Waals surface area contributed by atoms with Crippen LogP contribution < -0.4 is 11.1 Å². The van der Waals surface area contributed by atoms with E-state index in [0.717, 1.165) is 23.8 Å². The molecule has 3 aromatic heterocycles. The van der Waals surface area contributed by atoms with Crippen molar-refractivity contribution in [1.29, 1.82) is 0 Å². The molecular weight excluding hydrogens is 318 g/mol. The predicted molar refractivity (Wildman–Crippen MR) is 94.7 cm³/mol. The highest BCUT2D eigenvalue weighted by Crippen LogP contribution is 2.37. The first-order valence-corrected chi connectivity index (χ1v) is 8.40. The number of hydrogen-bond donors (Lipinski definition) is 3. The van der Waals surface area contributed by atoms with Gasteiger partial charge >= 0.3 is 0 Å². The molecule has 3 aromatic rings. The number of aliphatic hydroxyl groups is 1. The summed E-state index contributed by atoms with van der Waals surface area (Å²) in [7, 11) is 1.83. The minimum Gasteiger partial charge on any atom is -0.385 e. The van der Waals surface area contributed by atoms with Crippen LogP contribution >= 0.6 is 0 Å². The third kappa shape index (κ3) is 2.89. The SMILES string of the molecule is Cn1ncc2c(N)nc(NC3CCC(O)(c4cccnc4)CC3)nc21. The maximum absolute atomic E-state index is 10.9. The average Bonchev–Trinajstić information content (AvgIpc) is 3.00. The number of rotatable bonds is 3. The monoisotopic (exact) mass is 339 g/mol. The molecule has 25 heavy (non-hydrogen) atoms. The van der Waals surface area contributed by atoms with E-state index >= 15 is 0 Å². The van der Waals surface area contributed by atoms with Gasteiger partial charge in [-0.15, -0.1) is 0 Å². The largest absolute Gasteiger partial charge is 0.385 e. The molecule has 0 aromatic carbocycles. The molecule has 0 aliphatic heterocycles. The summed E-state index contributed by atoms with van der Waals surface area (Å²) in [5.41, 5.74) is 6.78. The maximum Gasteiger partial charge on any atom is 0.226 e. The zero-order valence-electron chi connectivity index (χ0n) is 14.1. The van der Waals surface area contributed by atoms with E-state index in [4.69, 9.17) is 5.73 Å². The van der Waals surface area contributed by atoms with Crippen molar-refractivity contribution < 1.29 is 5.11 Å². The van der Waals surface area contributed by atoms with Crippen molar-refractivity contribution in [3.8, 4) is 0 Å². The number of hydrogen-bond acceptors (Lipinski definition) is 7. The Bertz CT molecular complexity index is 885. The highest BCUT2D eigenvalue weighted by Gasteiger charge is 2.35. The van der Waals surface area contributed by atoms with Crippen LogP contribution in [-0.4, -0.2) is 35.9 Å². The first kappa shape index (κ1) is 15.8. The molecule has 3 heterocycles. The van der Waals surface area contributed by atoms with Gasteiger partial charge < -0.3 is 16.2 Å². The van der Waals surface area contributed by atoms with Crippen LogP contribution in [0.4, 0.5) is 11.8 Å². The van der Waals surface area contributed by atoms with Crippen LogP contribution in [0.15, 0.2) is 30.7 Å². The lowest BCUT2D eigenvalue weighted by Crippen LogP contribution is -2.36. The Balaban J connectivity index is 1.48. The fraction of sp³-hybridized carbons (Fsp3) is 0.412. The summed E-state index contributed by atoms with van der Waals surface area (Å²) in [6, 6.07) is 3.99. The van der Waals surface area contributed by atoms with Gasteiger partial charge in [-0.1, -0.05) is 6.07 Å². The first-order valence-electron chi connectivity index (χ1n) is 8.40. The minimum absolute atomic E-state index is 0.196. The Morgan fingerprint density at radius 1 is 1.28 bits per heavy atom. The van der Waals surface area contributed by atoms with Gasteiger partial charge in [-0.25, -0.2) is 0 Å². The molecule has 0 spiro atoms. The molecule has 0 saturated heterocycles. The number of nitrogens with two attached hydrogens (primary N) is 1. The van der Waals surface area contributed by atoms with Crippen LogP contribution in [0, 0.1) is 0 Å². The van der Waals surface area contributed by atoms with Gasteiger partial charge in [-0.3, -0.25) is 9.67 Å². The fourth-order valence-electron chi connectivity index (χ4n) is 3.46. The topological polar surface area (TPSA) is 115 Å². The lowest BCUT2D eigenvalue weighted by Gasteiger charge is -2.36. The molecule has 4 rings (SSSR count). The van der Waals surface area contributed by atoms with E-state index in [9.17, 15) is 5.11 Å². The Kier molecular flexibility index (Phi) is 3.76. The summed E-state index contributed by atoms with van der Waals surface area (Å²) >= 11 is 0. The second-order valence-electron chi connectivity index (χ2n) is 6.63. The van der Waals surface area contributed by atoms with Crippen molar-refractivity contribution in [3.05, 3.63) is 36.3 Å². The average molecular weight is 339 g/mol. The zero-order chi connectivity index (χ0) is 17.4. The Labute approximate surface area is 145 Å². The van der Waals surface area contributed by atoms with Crippen LogP contribution in [0.3, 0.4) is 0 Å². The van der Waals surface area contributed by atoms with E-state index in [-0.39, 0.29) is 6.04 Å². The fourth-order valence-corrected chi connectivity index (χ4v) is 3.46. The summed E-state index contributed by atoms with van der Waals surface area (Å²) in [6.45, 7) is 0. The molecule has 0 unspecified atom stereocenters. The zero-order valence-corrected chi connectivity index (χ0v) is 14.1. The second kappa shape index (κ2) is 5.96. The summed E-state index contributed by atoms with van der Waals surface area (Å²) in [5.74, 6) is 0.925. The molecule has 8 heteroatoms. The smallest absolute Gasteiger partial charge is 0.226 e. The summed E-state index contributed by atoms with van der Waals surface area (Å²) in [5, 5.41) is 19.2. The quantitative estimate of drug-likeness (QED) is 0.663. The molecule has 4 N–H and O–H groups in total. The lowest BCUT2D eigenvalue weighted by atomic mass is 9.78. The molecule has 1 aliphatic carbocycles. The molecule has 8 nitrogen and oxygen atoms in total. The normalized spacial score (nSPS) is 23.7. The van der Waals surface area contributed by atoms with E-state index < -0.39 is 5.60 Å². The van der Waals surface area contributed by atoms with E-state index in [1.54, 1.807) is 23.3 Å². The molecule has 1 fully saturated rings. The predicted octanol–water partition coefficient (Wildman–Crippen LogP) is 1.58. The summed E-state index contributed by atoms with van der Waals surface area (Å²) in [6.07, 6.45) is 8.10. The van der Waals surface area contributed by atoms with Gasteiger partial charge in [0.1, 0.15) is 5.82 Å². The van der Waals surface area contributed by atoms with Gasteiger partial charge in [0.05, 0.1) is 17.2 Å². The third-order valence-electron chi connectivity index (χ3n) is 4.97.